The SMILES string of the molecule is CC1(O)CCCN(C(=O)COc2cccc(F)c2)CC1. The van der Waals surface area contributed by atoms with Crippen molar-refractivity contribution in [2.45, 2.75) is 31.8 Å². The van der Waals surface area contributed by atoms with E-state index in [4.69, 9.17) is 4.74 Å². The van der Waals surface area contributed by atoms with Gasteiger partial charge in [-0.05, 0) is 38.3 Å². The number of benzene rings is 1. The fraction of sp³-hybridized carbons (Fsp3) is 0.533. The second kappa shape index (κ2) is 6.22. The van der Waals surface area contributed by atoms with Crippen LogP contribution in [0.25, 0.3) is 0 Å². The Morgan fingerprint density at radius 3 is 3.00 bits per heavy atom. The number of ether oxygens (including phenoxy) is 1. The number of rotatable bonds is 3. The molecule has 0 bridgehead atoms. The summed E-state index contributed by atoms with van der Waals surface area (Å²) in [6.07, 6.45) is 2.04. The molecule has 0 aromatic heterocycles. The number of likely N-dealkylation sites (tertiary alicyclic amines) is 1. The van der Waals surface area contributed by atoms with E-state index < -0.39 is 5.60 Å². The molecule has 1 heterocycles. The molecule has 1 atom stereocenters. The molecule has 1 aliphatic rings. The van der Waals surface area contributed by atoms with Gasteiger partial charge in [-0.15, -0.1) is 0 Å². The lowest BCUT2D eigenvalue weighted by Gasteiger charge is -2.22. The third-order valence-corrected chi connectivity index (χ3v) is 3.57. The fourth-order valence-electron chi connectivity index (χ4n) is 2.31. The van der Waals surface area contributed by atoms with Crippen LogP contribution >= 0.6 is 0 Å². The van der Waals surface area contributed by atoms with Gasteiger partial charge in [0.05, 0.1) is 5.60 Å². The molecule has 1 N–H and O–H groups in total. The molecule has 1 unspecified atom stereocenters. The minimum absolute atomic E-state index is 0.106. The second-order valence-electron chi connectivity index (χ2n) is 5.48. The first-order valence-electron chi connectivity index (χ1n) is 6.85. The number of carbonyl (C=O) groups is 1. The summed E-state index contributed by atoms with van der Waals surface area (Å²) in [7, 11) is 0. The van der Waals surface area contributed by atoms with Crippen molar-refractivity contribution < 1.29 is 19.0 Å². The van der Waals surface area contributed by atoms with Crippen molar-refractivity contribution in [1.82, 2.24) is 4.90 Å². The minimum atomic E-state index is -0.696. The zero-order valence-corrected chi connectivity index (χ0v) is 11.6. The van der Waals surface area contributed by atoms with Gasteiger partial charge in [0.2, 0.25) is 0 Å². The van der Waals surface area contributed by atoms with Crippen LogP contribution in [0.3, 0.4) is 0 Å². The number of carbonyl (C=O) groups excluding carboxylic acids is 1. The van der Waals surface area contributed by atoms with E-state index in [2.05, 4.69) is 0 Å². The summed E-state index contributed by atoms with van der Waals surface area (Å²) >= 11 is 0. The topological polar surface area (TPSA) is 49.8 Å². The van der Waals surface area contributed by atoms with Gasteiger partial charge in [-0.25, -0.2) is 4.39 Å². The van der Waals surface area contributed by atoms with Gasteiger partial charge < -0.3 is 14.7 Å². The quantitative estimate of drug-likeness (QED) is 0.921. The maximum absolute atomic E-state index is 13.0. The van der Waals surface area contributed by atoms with Crippen LogP contribution in [-0.2, 0) is 4.79 Å². The van der Waals surface area contributed by atoms with Gasteiger partial charge in [0, 0.05) is 19.2 Å². The van der Waals surface area contributed by atoms with Gasteiger partial charge in [-0.3, -0.25) is 4.79 Å². The largest absolute Gasteiger partial charge is 0.484 e. The number of halogens is 1. The molecule has 1 aliphatic heterocycles. The maximum Gasteiger partial charge on any atom is 0.260 e. The molecular weight excluding hydrogens is 261 g/mol. The molecule has 2 rings (SSSR count). The smallest absolute Gasteiger partial charge is 0.260 e. The van der Waals surface area contributed by atoms with Crippen LogP contribution in [0.4, 0.5) is 4.39 Å². The molecule has 5 heteroatoms. The molecular formula is C15H20FNO3. The van der Waals surface area contributed by atoms with Gasteiger partial charge >= 0.3 is 0 Å². The first-order chi connectivity index (χ1) is 9.46. The second-order valence-corrected chi connectivity index (χ2v) is 5.48. The number of hydrogen-bond acceptors (Lipinski definition) is 3. The number of nitrogens with zero attached hydrogens (tertiary/aromatic N) is 1. The lowest BCUT2D eigenvalue weighted by atomic mass is 9.98. The van der Waals surface area contributed by atoms with E-state index in [1.807, 2.05) is 0 Å². The third kappa shape index (κ3) is 4.20. The number of hydrogen-bond donors (Lipinski definition) is 1. The van der Waals surface area contributed by atoms with Crippen LogP contribution in [0, 0.1) is 5.82 Å². The minimum Gasteiger partial charge on any atom is -0.484 e. The summed E-state index contributed by atoms with van der Waals surface area (Å²) in [6, 6.07) is 5.73. The van der Waals surface area contributed by atoms with E-state index in [1.165, 1.54) is 18.2 Å². The molecule has 0 aliphatic carbocycles. The van der Waals surface area contributed by atoms with Crippen molar-refractivity contribution >= 4 is 5.91 Å². The lowest BCUT2D eigenvalue weighted by Crippen LogP contribution is -2.36. The Bertz CT molecular complexity index is 476. The highest BCUT2D eigenvalue weighted by molar-refractivity contribution is 5.77. The zero-order chi connectivity index (χ0) is 14.6. The Morgan fingerprint density at radius 2 is 2.25 bits per heavy atom. The summed E-state index contributed by atoms with van der Waals surface area (Å²) in [4.78, 5) is 13.7. The monoisotopic (exact) mass is 281 g/mol. The van der Waals surface area contributed by atoms with Crippen LogP contribution in [0.1, 0.15) is 26.2 Å². The maximum atomic E-state index is 13.0. The van der Waals surface area contributed by atoms with Crippen molar-refractivity contribution in [3.8, 4) is 5.75 Å². The molecule has 110 valence electrons. The van der Waals surface area contributed by atoms with Crippen molar-refractivity contribution in [3.05, 3.63) is 30.1 Å². The lowest BCUT2D eigenvalue weighted by molar-refractivity contribution is -0.133. The first kappa shape index (κ1) is 14.8. The summed E-state index contributed by atoms with van der Waals surface area (Å²) in [5, 5.41) is 9.98. The predicted octanol–water partition coefficient (Wildman–Crippen LogP) is 1.97. The van der Waals surface area contributed by atoms with Crippen LogP contribution in [-0.4, -0.2) is 41.2 Å². The molecule has 0 saturated carbocycles. The average Bonchev–Trinajstić information content (AvgIpc) is 2.57. The van der Waals surface area contributed by atoms with E-state index >= 15 is 0 Å². The van der Waals surface area contributed by atoms with Crippen LogP contribution in [0.15, 0.2) is 24.3 Å². The summed E-state index contributed by atoms with van der Waals surface area (Å²) in [5.74, 6) is -0.173. The van der Waals surface area contributed by atoms with Crippen molar-refractivity contribution in [1.29, 1.82) is 0 Å². The fourth-order valence-corrected chi connectivity index (χ4v) is 2.31. The molecule has 1 aromatic rings. The van der Waals surface area contributed by atoms with Crippen molar-refractivity contribution in [2.75, 3.05) is 19.7 Å². The van der Waals surface area contributed by atoms with Gasteiger partial charge in [0.15, 0.2) is 6.61 Å². The van der Waals surface area contributed by atoms with E-state index in [0.717, 1.165) is 6.42 Å². The van der Waals surface area contributed by atoms with E-state index in [9.17, 15) is 14.3 Å². The standard InChI is InChI=1S/C15H20FNO3/c1-15(19)6-3-8-17(9-7-15)14(18)11-20-13-5-2-4-12(16)10-13/h2,4-5,10,19H,3,6-9,11H2,1H3. The normalized spacial score (nSPS) is 23.2. The van der Waals surface area contributed by atoms with Gasteiger partial charge in [0.25, 0.3) is 5.91 Å². The van der Waals surface area contributed by atoms with Crippen molar-refractivity contribution in [2.24, 2.45) is 0 Å². The first-order valence-corrected chi connectivity index (χ1v) is 6.85. The Balaban J connectivity index is 1.85. The molecule has 0 spiro atoms. The molecule has 20 heavy (non-hydrogen) atoms. The van der Waals surface area contributed by atoms with Gasteiger partial charge in [-0.1, -0.05) is 6.07 Å². The van der Waals surface area contributed by atoms with Crippen LogP contribution in [0.5, 0.6) is 5.75 Å². The number of aliphatic hydroxyl groups is 1. The van der Waals surface area contributed by atoms with Crippen LogP contribution in [0.2, 0.25) is 0 Å². The Hall–Kier alpha value is -1.62. The Morgan fingerprint density at radius 1 is 1.45 bits per heavy atom. The molecule has 4 nitrogen and oxygen atoms in total. The summed E-state index contributed by atoms with van der Waals surface area (Å²) < 4.78 is 18.3. The number of amides is 1. The summed E-state index contributed by atoms with van der Waals surface area (Å²) in [5.41, 5.74) is -0.696. The molecule has 0 radical (unpaired) electrons. The van der Waals surface area contributed by atoms with E-state index in [0.29, 0.717) is 31.7 Å². The van der Waals surface area contributed by atoms with Crippen LogP contribution < -0.4 is 4.74 Å². The summed E-state index contributed by atoms with van der Waals surface area (Å²) in [6.45, 7) is 2.84. The van der Waals surface area contributed by atoms with Crippen molar-refractivity contribution in [3.63, 3.8) is 0 Å². The predicted molar refractivity (Wildman–Crippen MR) is 72.9 cm³/mol. The van der Waals surface area contributed by atoms with Gasteiger partial charge in [-0.2, -0.15) is 0 Å². The third-order valence-electron chi connectivity index (χ3n) is 3.57. The molecule has 1 aromatic carbocycles. The molecule has 1 fully saturated rings. The highest BCUT2D eigenvalue weighted by atomic mass is 19.1. The highest BCUT2D eigenvalue weighted by Gasteiger charge is 2.27. The average molecular weight is 281 g/mol. The highest BCUT2D eigenvalue weighted by Crippen LogP contribution is 2.21. The zero-order valence-electron chi connectivity index (χ0n) is 11.6. The Labute approximate surface area is 118 Å². The van der Waals surface area contributed by atoms with Gasteiger partial charge in [0.1, 0.15) is 11.6 Å². The molecule has 1 amide bonds. The Kier molecular flexibility index (Phi) is 4.60. The van der Waals surface area contributed by atoms with E-state index in [1.54, 1.807) is 17.9 Å². The molecule has 1 saturated heterocycles. The van der Waals surface area contributed by atoms with E-state index in [-0.39, 0.29) is 18.3 Å².